The quantitative estimate of drug-likeness (QED) is 0.350. The largest absolute Gasteiger partial charge is 0.481 e. The van der Waals surface area contributed by atoms with Gasteiger partial charge in [0.2, 0.25) is 0 Å². The normalized spacial score (nSPS) is 40.2. The molecule has 0 aromatic carbocycles. The Morgan fingerprint density at radius 1 is 0.308 bits per heavy atom. The second kappa shape index (κ2) is 14.2. The number of carboxylic acid groups (broad SMARTS) is 2. The maximum absolute atomic E-state index is 11.0. The third-order valence-electron chi connectivity index (χ3n) is 13.1. The van der Waals surface area contributed by atoms with Crippen molar-refractivity contribution in [2.75, 3.05) is 0 Å². The second-order valence-corrected chi connectivity index (χ2v) is 15.0. The van der Waals surface area contributed by atoms with Crippen LogP contribution < -0.4 is 0 Å². The molecule has 222 valence electrons. The van der Waals surface area contributed by atoms with Gasteiger partial charge in [-0.25, -0.2) is 0 Å². The number of hydrogen-bond donors (Lipinski definition) is 2. The molecule has 0 radical (unpaired) electrons. The Bertz CT molecular complexity index is 752. The van der Waals surface area contributed by atoms with Crippen LogP contribution in [0.25, 0.3) is 0 Å². The average Bonchev–Trinajstić information content (AvgIpc) is 3.48. The molecule has 0 aromatic rings. The molecule has 6 saturated carbocycles. The number of hydrogen-bond acceptors (Lipinski definition) is 2. The summed E-state index contributed by atoms with van der Waals surface area (Å²) in [6.07, 6.45) is 30.5. The SMILES string of the molecule is O=C(O)C1CCC(C2CCC(C3CCC3)CC2)CC1.O=C(O)C1CCC(C2CCC(C3CCCC3)CC2)CC1. The third kappa shape index (κ3) is 7.82. The molecule has 6 aliphatic rings. The van der Waals surface area contributed by atoms with Gasteiger partial charge in [0.1, 0.15) is 0 Å². The van der Waals surface area contributed by atoms with Crippen LogP contribution in [0.3, 0.4) is 0 Å². The van der Waals surface area contributed by atoms with Crippen LogP contribution >= 0.6 is 0 Å². The van der Waals surface area contributed by atoms with Crippen LogP contribution in [0.5, 0.6) is 0 Å². The fourth-order valence-corrected chi connectivity index (χ4v) is 10.2. The van der Waals surface area contributed by atoms with E-state index in [4.69, 9.17) is 10.2 Å². The van der Waals surface area contributed by atoms with Gasteiger partial charge >= 0.3 is 11.9 Å². The van der Waals surface area contributed by atoms with Crippen molar-refractivity contribution in [2.24, 2.45) is 59.2 Å². The predicted octanol–water partition coefficient (Wildman–Crippen LogP) is 9.36. The van der Waals surface area contributed by atoms with Crippen molar-refractivity contribution < 1.29 is 19.8 Å². The Kier molecular flexibility index (Phi) is 10.7. The molecule has 2 N–H and O–H groups in total. The summed E-state index contributed by atoms with van der Waals surface area (Å²) in [5.74, 6) is 6.53. The molecule has 39 heavy (non-hydrogen) atoms. The molecule has 6 rings (SSSR count). The van der Waals surface area contributed by atoms with Crippen molar-refractivity contribution in [3.8, 4) is 0 Å². The summed E-state index contributed by atoms with van der Waals surface area (Å²) < 4.78 is 0. The summed E-state index contributed by atoms with van der Waals surface area (Å²) in [4.78, 5) is 22.0. The molecule has 0 bridgehead atoms. The van der Waals surface area contributed by atoms with Gasteiger partial charge in [-0.15, -0.1) is 0 Å². The summed E-state index contributed by atoms with van der Waals surface area (Å²) in [5.41, 5.74) is 0. The maximum atomic E-state index is 11.0. The summed E-state index contributed by atoms with van der Waals surface area (Å²) in [6, 6.07) is 0. The van der Waals surface area contributed by atoms with Crippen LogP contribution in [0.1, 0.15) is 148 Å². The lowest BCUT2D eigenvalue weighted by molar-refractivity contribution is -0.144. The Labute approximate surface area is 238 Å². The van der Waals surface area contributed by atoms with E-state index in [1.807, 2.05) is 0 Å². The minimum absolute atomic E-state index is 0.0393. The van der Waals surface area contributed by atoms with Gasteiger partial charge in [0.15, 0.2) is 0 Å². The van der Waals surface area contributed by atoms with Crippen molar-refractivity contribution in [3.05, 3.63) is 0 Å². The van der Waals surface area contributed by atoms with E-state index in [1.54, 1.807) is 0 Å². The predicted molar refractivity (Wildman–Crippen MR) is 156 cm³/mol. The van der Waals surface area contributed by atoms with E-state index in [0.717, 1.165) is 73.0 Å². The van der Waals surface area contributed by atoms with Crippen LogP contribution in [0.15, 0.2) is 0 Å². The lowest BCUT2D eigenvalue weighted by Crippen LogP contribution is -2.31. The molecule has 0 aromatic heterocycles. The molecule has 6 fully saturated rings. The molecule has 4 nitrogen and oxygen atoms in total. The molecule has 0 unspecified atom stereocenters. The second-order valence-electron chi connectivity index (χ2n) is 15.0. The van der Waals surface area contributed by atoms with Gasteiger partial charge in [-0.05, 0) is 150 Å². The molecule has 0 spiro atoms. The number of aliphatic carboxylic acids is 2. The highest BCUT2D eigenvalue weighted by molar-refractivity contribution is 5.70. The zero-order valence-corrected chi connectivity index (χ0v) is 24.7. The van der Waals surface area contributed by atoms with Gasteiger partial charge in [0, 0.05) is 0 Å². The first-order valence-electron chi connectivity index (χ1n) is 17.4. The fraction of sp³-hybridized carbons (Fsp3) is 0.943. The minimum atomic E-state index is -0.563. The number of carbonyl (C=O) groups is 2. The maximum Gasteiger partial charge on any atom is 0.306 e. The Morgan fingerprint density at radius 2 is 0.513 bits per heavy atom. The van der Waals surface area contributed by atoms with Gasteiger partial charge in [-0.2, -0.15) is 0 Å². The van der Waals surface area contributed by atoms with Gasteiger partial charge < -0.3 is 10.2 Å². The summed E-state index contributed by atoms with van der Waals surface area (Å²) >= 11 is 0. The first-order chi connectivity index (χ1) is 19.0. The molecular formula is C35H58O4. The van der Waals surface area contributed by atoms with Gasteiger partial charge in [-0.3, -0.25) is 9.59 Å². The standard InChI is InChI=1S/C18H30O2.C17H28O2/c19-18(20)17-11-9-16(10-12-17)15-7-5-14(6-8-15)13-3-1-2-4-13;18-17(19)16-10-8-15(9-11-16)14-6-4-13(5-7-14)12-2-1-3-12/h13-17H,1-12H2,(H,19,20);12-16H,1-11H2,(H,18,19). The van der Waals surface area contributed by atoms with Crippen LogP contribution in [-0.2, 0) is 9.59 Å². The number of carboxylic acids is 2. The molecular weight excluding hydrogens is 484 g/mol. The molecule has 0 saturated heterocycles. The molecule has 6 aliphatic carbocycles. The minimum Gasteiger partial charge on any atom is -0.481 e. The monoisotopic (exact) mass is 542 g/mol. The highest BCUT2D eigenvalue weighted by atomic mass is 16.4. The van der Waals surface area contributed by atoms with Crippen LogP contribution in [0.4, 0.5) is 0 Å². The van der Waals surface area contributed by atoms with E-state index < -0.39 is 11.9 Å². The fourth-order valence-electron chi connectivity index (χ4n) is 10.2. The zero-order chi connectivity index (χ0) is 27.2. The summed E-state index contributed by atoms with van der Waals surface area (Å²) in [6.45, 7) is 0. The Morgan fingerprint density at radius 3 is 0.718 bits per heavy atom. The van der Waals surface area contributed by atoms with Crippen molar-refractivity contribution in [2.45, 2.75) is 148 Å². The van der Waals surface area contributed by atoms with Gasteiger partial charge in [-0.1, -0.05) is 44.9 Å². The smallest absolute Gasteiger partial charge is 0.306 e. The third-order valence-corrected chi connectivity index (χ3v) is 13.1. The number of rotatable bonds is 6. The lowest BCUT2D eigenvalue weighted by atomic mass is 9.64. The van der Waals surface area contributed by atoms with Crippen LogP contribution in [0, 0.1) is 59.2 Å². The van der Waals surface area contributed by atoms with E-state index in [9.17, 15) is 9.59 Å². The van der Waals surface area contributed by atoms with E-state index in [-0.39, 0.29) is 11.8 Å². The molecule has 0 amide bonds. The van der Waals surface area contributed by atoms with Crippen molar-refractivity contribution in [1.29, 1.82) is 0 Å². The van der Waals surface area contributed by atoms with Gasteiger partial charge in [0.05, 0.1) is 11.8 Å². The Balaban J connectivity index is 0.000000158. The average molecular weight is 543 g/mol. The first kappa shape index (κ1) is 29.4. The topological polar surface area (TPSA) is 74.6 Å². The lowest BCUT2D eigenvalue weighted by Gasteiger charge is -2.41. The van der Waals surface area contributed by atoms with E-state index in [0.29, 0.717) is 0 Å². The zero-order valence-electron chi connectivity index (χ0n) is 24.7. The van der Waals surface area contributed by atoms with Gasteiger partial charge in [0.25, 0.3) is 0 Å². The van der Waals surface area contributed by atoms with Crippen LogP contribution in [-0.4, -0.2) is 22.2 Å². The first-order valence-corrected chi connectivity index (χ1v) is 17.4. The molecule has 0 aliphatic heterocycles. The van der Waals surface area contributed by atoms with E-state index in [1.165, 1.54) is 122 Å². The highest BCUT2D eigenvalue weighted by Crippen LogP contribution is 2.47. The van der Waals surface area contributed by atoms with Crippen molar-refractivity contribution in [3.63, 3.8) is 0 Å². The Hall–Kier alpha value is -1.06. The molecule has 0 atom stereocenters. The molecule has 4 heteroatoms. The highest BCUT2D eigenvalue weighted by Gasteiger charge is 2.37. The van der Waals surface area contributed by atoms with Crippen molar-refractivity contribution >= 4 is 11.9 Å². The van der Waals surface area contributed by atoms with Crippen LogP contribution in [0.2, 0.25) is 0 Å². The summed E-state index contributed by atoms with van der Waals surface area (Å²) in [7, 11) is 0. The summed E-state index contributed by atoms with van der Waals surface area (Å²) in [5, 5.41) is 18.2. The van der Waals surface area contributed by atoms with E-state index >= 15 is 0 Å². The molecule has 0 heterocycles. The van der Waals surface area contributed by atoms with Crippen molar-refractivity contribution in [1.82, 2.24) is 0 Å². The van der Waals surface area contributed by atoms with E-state index in [2.05, 4.69) is 0 Å².